The lowest BCUT2D eigenvalue weighted by molar-refractivity contribution is 0.102. The van der Waals surface area contributed by atoms with E-state index in [1.165, 1.54) is 18.2 Å². The molecule has 0 heterocycles. The molecule has 0 radical (unpaired) electrons. The number of carbonyl (C=O) groups excluding carboxylic acids is 1. The SMILES string of the molecule is Nc1cc(C(=O)Nc2cccc3ccccc23)ccc1F. The van der Waals surface area contributed by atoms with Crippen LogP contribution in [0.5, 0.6) is 0 Å². The van der Waals surface area contributed by atoms with Crippen LogP contribution in [0.1, 0.15) is 10.4 Å². The van der Waals surface area contributed by atoms with Crippen LogP contribution in [0.2, 0.25) is 0 Å². The van der Waals surface area contributed by atoms with Gasteiger partial charge in [-0.1, -0.05) is 36.4 Å². The van der Waals surface area contributed by atoms with Crippen molar-refractivity contribution >= 4 is 28.1 Å². The first-order valence-corrected chi connectivity index (χ1v) is 6.49. The van der Waals surface area contributed by atoms with Gasteiger partial charge in [0.15, 0.2) is 0 Å². The normalized spacial score (nSPS) is 10.5. The van der Waals surface area contributed by atoms with Gasteiger partial charge in [0.1, 0.15) is 5.82 Å². The van der Waals surface area contributed by atoms with Gasteiger partial charge in [-0.15, -0.1) is 0 Å². The van der Waals surface area contributed by atoms with Crippen LogP contribution in [0.3, 0.4) is 0 Å². The summed E-state index contributed by atoms with van der Waals surface area (Å²) in [6.45, 7) is 0. The van der Waals surface area contributed by atoms with E-state index in [-0.39, 0.29) is 11.6 Å². The third-order valence-corrected chi connectivity index (χ3v) is 3.30. The van der Waals surface area contributed by atoms with Crippen molar-refractivity contribution in [1.82, 2.24) is 0 Å². The molecule has 3 nitrogen and oxygen atoms in total. The van der Waals surface area contributed by atoms with Crippen molar-refractivity contribution in [2.45, 2.75) is 0 Å². The molecule has 0 unspecified atom stereocenters. The number of hydrogen-bond donors (Lipinski definition) is 2. The van der Waals surface area contributed by atoms with E-state index in [4.69, 9.17) is 5.73 Å². The molecule has 0 aliphatic carbocycles. The maximum Gasteiger partial charge on any atom is 0.255 e. The lowest BCUT2D eigenvalue weighted by Crippen LogP contribution is -2.12. The van der Waals surface area contributed by atoms with E-state index in [2.05, 4.69) is 5.32 Å². The summed E-state index contributed by atoms with van der Waals surface area (Å²) in [5, 5.41) is 4.81. The van der Waals surface area contributed by atoms with E-state index in [1.54, 1.807) is 0 Å². The summed E-state index contributed by atoms with van der Waals surface area (Å²) in [7, 11) is 0. The van der Waals surface area contributed by atoms with Crippen molar-refractivity contribution in [2.75, 3.05) is 11.1 Å². The van der Waals surface area contributed by atoms with Gasteiger partial charge in [0.25, 0.3) is 5.91 Å². The van der Waals surface area contributed by atoms with E-state index in [0.717, 1.165) is 10.8 Å². The molecule has 4 heteroatoms. The molecule has 0 bridgehead atoms. The fraction of sp³-hybridized carbons (Fsp3) is 0. The number of benzene rings is 3. The lowest BCUT2D eigenvalue weighted by atomic mass is 10.1. The smallest absolute Gasteiger partial charge is 0.255 e. The van der Waals surface area contributed by atoms with Crippen molar-refractivity contribution in [3.8, 4) is 0 Å². The molecule has 3 N–H and O–H groups in total. The van der Waals surface area contributed by atoms with Gasteiger partial charge in [-0.05, 0) is 29.7 Å². The standard InChI is InChI=1S/C17H13FN2O/c18-14-9-8-12(10-15(14)19)17(21)20-16-7-3-5-11-4-1-2-6-13(11)16/h1-10H,19H2,(H,20,21). The Balaban J connectivity index is 1.94. The van der Waals surface area contributed by atoms with Gasteiger partial charge in [0, 0.05) is 16.6 Å². The zero-order chi connectivity index (χ0) is 14.8. The highest BCUT2D eigenvalue weighted by Crippen LogP contribution is 2.23. The first-order chi connectivity index (χ1) is 10.1. The zero-order valence-corrected chi connectivity index (χ0v) is 11.1. The highest BCUT2D eigenvalue weighted by atomic mass is 19.1. The van der Waals surface area contributed by atoms with Gasteiger partial charge in [-0.2, -0.15) is 0 Å². The Morgan fingerprint density at radius 2 is 1.76 bits per heavy atom. The van der Waals surface area contributed by atoms with Gasteiger partial charge in [0.05, 0.1) is 5.69 Å². The molecule has 0 saturated carbocycles. The summed E-state index contributed by atoms with van der Waals surface area (Å²) in [6.07, 6.45) is 0. The summed E-state index contributed by atoms with van der Waals surface area (Å²) in [4.78, 5) is 12.2. The van der Waals surface area contributed by atoms with E-state index < -0.39 is 5.82 Å². The van der Waals surface area contributed by atoms with Crippen LogP contribution in [-0.2, 0) is 0 Å². The van der Waals surface area contributed by atoms with Crippen LogP contribution in [0.4, 0.5) is 15.8 Å². The molecule has 0 atom stereocenters. The maximum atomic E-state index is 13.1. The zero-order valence-electron chi connectivity index (χ0n) is 11.1. The highest BCUT2D eigenvalue weighted by molar-refractivity contribution is 6.09. The summed E-state index contributed by atoms with van der Waals surface area (Å²) >= 11 is 0. The Morgan fingerprint density at radius 1 is 1.00 bits per heavy atom. The van der Waals surface area contributed by atoms with Crippen molar-refractivity contribution in [3.05, 3.63) is 72.0 Å². The van der Waals surface area contributed by atoms with Crippen molar-refractivity contribution in [3.63, 3.8) is 0 Å². The second-order valence-corrected chi connectivity index (χ2v) is 4.72. The molecule has 104 valence electrons. The molecule has 21 heavy (non-hydrogen) atoms. The third kappa shape index (κ3) is 2.56. The predicted octanol–water partition coefficient (Wildman–Crippen LogP) is 3.81. The summed E-state index contributed by atoms with van der Waals surface area (Å²) in [5.41, 5.74) is 6.48. The van der Waals surface area contributed by atoms with Gasteiger partial charge in [-0.3, -0.25) is 4.79 Å². The number of rotatable bonds is 2. The van der Waals surface area contributed by atoms with E-state index in [1.807, 2.05) is 42.5 Å². The molecule has 0 spiro atoms. The molecule has 0 aliphatic rings. The molecule has 1 amide bonds. The number of halogens is 1. The number of amides is 1. The second kappa shape index (κ2) is 5.25. The largest absolute Gasteiger partial charge is 0.396 e. The molecule has 3 aromatic carbocycles. The number of nitrogen functional groups attached to an aromatic ring is 1. The predicted molar refractivity (Wildman–Crippen MR) is 82.7 cm³/mol. The molecule has 3 rings (SSSR count). The Kier molecular flexibility index (Phi) is 3.28. The Labute approximate surface area is 121 Å². The van der Waals surface area contributed by atoms with Gasteiger partial charge in [0.2, 0.25) is 0 Å². The van der Waals surface area contributed by atoms with E-state index in [9.17, 15) is 9.18 Å². The van der Waals surface area contributed by atoms with Crippen molar-refractivity contribution in [2.24, 2.45) is 0 Å². The Bertz CT molecular complexity index is 825. The van der Waals surface area contributed by atoms with Crippen LogP contribution >= 0.6 is 0 Å². The first-order valence-electron chi connectivity index (χ1n) is 6.49. The topological polar surface area (TPSA) is 55.1 Å². The third-order valence-electron chi connectivity index (χ3n) is 3.30. The molecular formula is C17H13FN2O. The minimum Gasteiger partial charge on any atom is -0.396 e. The summed E-state index contributed by atoms with van der Waals surface area (Å²) in [6, 6.07) is 17.4. The van der Waals surface area contributed by atoms with Crippen LogP contribution in [0, 0.1) is 5.82 Å². The molecule has 0 aromatic heterocycles. The lowest BCUT2D eigenvalue weighted by Gasteiger charge is -2.09. The van der Waals surface area contributed by atoms with Crippen LogP contribution in [0.15, 0.2) is 60.7 Å². The monoisotopic (exact) mass is 280 g/mol. The average Bonchev–Trinajstić information content (AvgIpc) is 2.50. The molecule has 0 aliphatic heterocycles. The fourth-order valence-electron chi connectivity index (χ4n) is 2.21. The minimum absolute atomic E-state index is 0.0411. The number of anilines is 2. The van der Waals surface area contributed by atoms with Crippen LogP contribution in [0.25, 0.3) is 10.8 Å². The minimum atomic E-state index is -0.531. The molecule has 0 fully saturated rings. The summed E-state index contributed by atoms with van der Waals surface area (Å²) < 4.78 is 13.1. The van der Waals surface area contributed by atoms with Gasteiger partial charge < -0.3 is 11.1 Å². The number of hydrogen-bond acceptors (Lipinski definition) is 2. The number of carbonyl (C=O) groups is 1. The molecule has 3 aromatic rings. The quantitative estimate of drug-likeness (QED) is 0.701. The fourth-order valence-corrected chi connectivity index (χ4v) is 2.21. The van der Waals surface area contributed by atoms with E-state index >= 15 is 0 Å². The molecular weight excluding hydrogens is 267 g/mol. The second-order valence-electron chi connectivity index (χ2n) is 4.72. The van der Waals surface area contributed by atoms with Crippen LogP contribution in [-0.4, -0.2) is 5.91 Å². The highest BCUT2D eigenvalue weighted by Gasteiger charge is 2.10. The van der Waals surface area contributed by atoms with Crippen LogP contribution < -0.4 is 11.1 Å². The van der Waals surface area contributed by atoms with E-state index in [0.29, 0.717) is 11.3 Å². The number of nitrogens with one attached hydrogen (secondary N) is 1. The number of nitrogens with two attached hydrogens (primary N) is 1. The first kappa shape index (κ1) is 13.1. The molecule has 0 saturated heterocycles. The van der Waals surface area contributed by atoms with Crippen molar-refractivity contribution < 1.29 is 9.18 Å². The average molecular weight is 280 g/mol. The van der Waals surface area contributed by atoms with Gasteiger partial charge >= 0.3 is 0 Å². The Morgan fingerprint density at radius 3 is 2.57 bits per heavy atom. The van der Waals surface area contributed by atoms with Crippen molar-refractivity contribution in [1.29, 1.82) is 0 Å². The number of fused-ring (bicyclic) bond motifs is 1. The van der Waals surface area contributed by atoms with Gasteiger partial charge in [-0.25, -0.2) is 4.39 Å². The Hall–Kier alpha value is -2.88. The maximum absolute atomic E-state index is 13.1. The summed E-state index contributed by atoms with van der Waals surface area (Å²) in [5.74, 6) is -0.852.